The molecule has 1 aliphatic rings. The summed E-state index contributed by atoms with van der Waals surface area (Å²) in [6.07, 6.45) is 2.25. The van der Waals surface area contributed by atoms with Crippen LogP contribution in [0.5, 0.6) is 0 Å². The summed E-state index contributed by atoms with van der Waals surface area (Å²) in [6, 6.07) is 5.19. The number of hydrogen-bond acceptors (Lipinski definition) is 3. The van der Waals surface area contributed by atoms with Crippen LogP contribution >= 0.6 is 11.8 Å². The highest BCUT2D eigenvalue weighted by molar-refractivity contribution is 7.99. The number of carbonyl (C=O) groups is 1. The quantitative estimate of drug-likeness (QED) is 0.885. The van der Waals surface area contributed by atoms with Crippen LogP contribution in [0.3, 0.4) is 0 Å². The second-order valence-corrected chi connectivity index (χ2v) is 5.63. The van der Waals surface area contributed by atoms with Gasteiger partial charge < -0.3 is 10.6 Å². The number of benzene rings is 1. The van der Waals surface area contributed by atoms with Crippen LogP contribution in [0.15, 0.2) is 18.2 Å². The lowest BCUT2D eigenvalue weighted by molar-refractivity contribution is -0.114. The van der Waals surface area contributed by atoms with Crippen molar-refractivity contribution in [3.63, 3.8) is 0 Å². The molecule has 0 aromatic heterocycles. The van der Waals surface area contributed by atoms with Crippen molar-refractivity contribution in [2.75, 3.05) is 22.1 Å². The average molecular weight is 268 g/mol. The SMILES string of the molecule is CC(=O)Nc1cc(NC2CCSCC2)ccc1F. The van der Waals surface area contributed by atoms with Gasteiger partial charge in [-0.15, -0.1) is 0 Å². The summed E-state index contributed by atoms with van der Waals surface area (Å²) in [7, 11) is 0. The maximum absolute atomic E-state index is 13.5. The van der Waals surface area contributed by atoms with Gasteiger partial charge in [-0.3, -0.25) is 4.79 Å². The third-order valence-electron chi connectivity index (χ3n) is 2.87. The van der Waals surface area contributed by atoms with Gasteiger partial charge in [0.05, 0.1) is 5.69 Å². The highest BCUT2D eigenvalue weighted by atomic mass is 32.2. The monoisotopic (exact) mass is 268 g/mol. The van der Waals surface area contributed by atoms with Crippen LogP contribution in [0.2, 0.25) is 0 Å². The van der Waals surface area contributed by atoms with E-state index in [1.54, 1.807) is 12.1 Å². The maximum atomic E-state index is 13.5. The van der Waals surface area contributed by atoms with Crippen molar-refractivity contribution in [3.8, 4) is 0 Å². The number of carbonyl (C=O) groups excluding carboxylic acids is 1. The second kappa shape index (κ2) is 6.09. The van der Waals surface area contributed by atoms with Crippen LogP contribution in [-0.4, -0.2) is 23.5 Å². The van der Waals surface area contributed by atoms with E-state index in [0.717, 1.165) is 30.0 Å². The molecule has 1 aromatic rings. The molecule has 1 amide bonds. The van der Waals surface area contributed by atoms with Gasteiger partial charge in [-0.05, 0) is 42.5 Å². The number of amides is 1. The minimum atomic E-state index is -0.407. The Morgan fingerprint density at radius 3 is 2.78 bits per heavy atom. The first-order chi connectivity index (χ1) is 8.65. The summed E-state index contributed by atoms with van der Waals surface area (Å²) >= 11 is 1.97. The normalized spacial score (nSPS) is 16.3. The molecule has 5 heteroatoms. The van der Waals surface area contributed by atoms with Crippen LogP contribution in [0.1, 0.15) is 19.8 Å². The molecule has 0 saturated carbocycles. The van der Waals surface area contributed by atoms with Gasteiger partial charge in [-0.2, -0.15) is 11.8 Å². The predicted octanol–water partition coefficient (Wildman–Crippen LogP) is 3.09. The maximum Gasteiger partial charge on any atom is 0.221 e. The zero-order valence-electron chi connectivity index (χ0n) is 10.3. The Labute approximate surface area is 111 Å². The summed E-state index contributed by atoms with van der Waals surface area (Å²) < 4.78 is 13.5. The Kier molecular flexibility index (Phi) is 4.47. The number of hydrogen-bond donors (Lipinski definition) is 2. The fraction of sp³-hybridized carbons (Fsp3) is 0.462. The Morgan fingerprint density at radius 2 is 2.11 bits per heavy atom. The largest absolute Gasteiger partial charge is 0.382 e. The molecule has 1 fully saturated rings. The summed E-state index contributed by atoms with van der Waals surface area (Å²) in [6.45, 7) is 1.37. The molecule has 0 aliphatic carbocycles. The van der Waals surface area contributed by atoms with E-state index in [4.69, 9.17) is 0 Å². The zero-order valence-corrected chi connectivity index (χ0v) is 11.1. The number of anilines is 2. The zero-order chi connectivity index (χ0) is 13.0. The summed E-state index contributed by atoms with van der Waals surface area (Å²) in [4.78, 5) is 11.0. The Morgan fingerprint density at radius 1 is 1.39 bits per heavy atom. The number of rotatable bonds is 3. The third kappa shape index (κ3) is 3.63. The standard InChI is InChI=1S/C13H17FN2OS/c1-9(17)15-13-8-11(2-3-12(13)14)16-10-4-6-18-7-5-10/h2-3,8,10,16H,4-7H2,1H3,(H,15,17). The van der Waals surface area contributed by atoms with E-state index < -0.39 is 5.82 Å². The van der Waals surface area contributed by atoms with E-state index in [2.05, 4.69) is 10.6 Å². The molecule has 1 aromatic carbocycles. The van der Waals surface area contributed by atoms with Gasteiger partial charge in [0.2, 0.25) is 5.91 Å². The molecule has 0 spiro atoms. The van der Waals surface area contributed by atoms with E-state index in [1.807, 2.05) is 11.8 Å². The van der Waals surface area contributed by atoms with Gasteiger partial charge >= 0.3 is 0 Å². The topological polar surface area (TPSA) is 41.1 Å². The summed E-state index contributed by atoms with van der Waals surface area (Å²) in [5.41, 5.74) is 1.09. The van der Waals surface area contributed by atoms with Crippen molar-refractivity contribution in [1.82, 2.24) is 0 Å². The minimum absolute atomic E-state index is 0.234. The lowest BCUT2D eigenvalue weighted by atomic mass is 10.1. The highest BCUT2D eigenvalue weighted by Gasteiger charge is 2.14. The van der Waals surface area contributed by atoms with Crippen molar-refractivity contribution >= 4 is 29.0 Å². The lowest BCUT2D eigenvalue weighted by Gasteiger charge is -2.24. The Bertz CT molecular complexity index is 433. The van der Waals surface area contributed by atoms with E-state index in [-0.39, 0.29) is 11.6 Å². The molecule has 18 heavy (non-hydrogen) atoms. The third-order valence-corrected chi connectivity index (χ3v) is 3.92. The van der Waals surface area contributed by atoms with Crippen LogP contribution in [0.4, 0.5) is 15.8 Å². The molecule has 0 radical (unpaired) electrons. The van der Waals surface area contributed by atoms with Gasteiger partial charge in [0.1, 0.15) is 5.82 Å². The van der Waals surface area contributed by atoms with Crippen molar-refractivity contribution in [1.29, 1.82) is 0 Å². The highest BCUT2D eigenvalue weighted by Crippen LogP contribution is 2.24. The van der Waals surface area contributed by atoms with E-state index in [9.17, 15) is 9.18 Å². The summed E-state index contributed by atoms with van der Waals surface area (Å²) in [5.74, 6) is 1.66. The second-order valence-electron chi connectivity index (χ2n) is 4.41. The van der Waals surface area contributed by atoms with Crippen LogP contribution in [0.25, 0.3) is 0 Å². The van der Waals surface area contributed by atoms with Gasteiger partial charge in [-0.1, -0.05) is 0 Å². The van der Waals surface area contributed by atoms with Gasteiger partial charge in [0.25, 0.3) is 0 Å². The van der Waals surface area contributed by atoms with Crippen molar-refractivity contribution in [2.45, 2.75) is 25.8 Å². The number of thioether (sulfide) groups is 1. The van der Waals surface area contributed by atoms with Crippen molar-refractivity contribution in [2.24, 2.45) is 0 Å². The fourth-order valence-corrected chi connectivity index (χ4v) is 3.08. The minimum Gasteiger partial charge on any atom is -0.382 e. The van der Waals surface area contributed by atoms with Gasteiger partial charge in [-0.25, -0.2) is 4.39 Å². The lowest BCUT2D eigenvalue weighted by Crippen LogP contribution is -2.24. The molecule has 0 atom stereocenters. The molecule has 98 valence electrons. The van der Waals surface area contributed by atoms with E-state index in [1.165, 1.54) is 13.0 Å². The molecule has 0 bridgehead atoms. The van der Waals surface area contributed by atoms with Gasteiger partial charge in [0, 0.05) is 18.7 Å². The first-order valence-electron chi connectivity index (χ1n) is 6.06. The smallest absolute Gasteiger partial charge is 0.221 e. The van der Waals surface area contributed by atoms with Crippen LogP contribution < -0.4 is 10.6 Å². The molecule has 1 saturated heterocycles. The van der Waals surface area contributed by atoms with Crippen LogP contribution in [0, 0.1) is 5.82 Å². The Hall–Kier alpha value is -1.23. The molecule has 0 unspecified atom stereocenters. The fourth-order valence-electron chi connectivity index (χ4n) is 1.98. The Balaban J connectivity index is 2.05. The van der Waals surface area contributed by atoms with Crippen molar-refractivity contribution < 1.29 is 9.18 Å². The van der Waals surface area contributed by atoms with Crippen molar-refractivity contribution in [3.05, 3.63) is 24.0 Å². The first-order valence-corrected chi connectivity index (χ1v) is 7.22. The summed E-state index contributed by atoms with van der Waals surface area (Å²) in [5, 5.41) is 5.88. The van der Waals surface area contributed by atoms with E-state index in [0.29, 0.717) is 6.04 Å². The molecular weight excluding hydrogens is 251 g/mol. The molecule has 3 nitrogen and oxygen atoms in total. The van der Waals surface area contributed by atoms with Gasteiger partial charge in [0.15, 0.2) is 0 Å². The van der Waals surface area contributed by atoms with E-state index >= 15 is 0 Å². The average Bonchev–Trinajstić information content (AvgIpc) is 2.34. The number of halogens is 1. The number of nitrogens with one attached hydrogen (secondary N) is 2. The molecule has 2 N–H and O–H groups in total. The molecular formula is C13H17FN2OS. The predicted molar refractivity (Wildman–Crippen MR) is 74.7 cm³/mol. The first kappa shape index (κ1) is 13.2. The molecule has 1 aliphatic heterocycles. The molecule has 2 rings (SSSR count). The molecule has 1 heterocycles. The van der Waals surface area contributed by atoms with Crippen LogP contribution in [-0.2, 0) is 4.79 Å².